The largest absolute Gasteiger partial charge is 0.481 e. The highest BCUT2D eigenvalue weighted by Gasteiger charge is 2.33. The van der Waals surface area contributed by atoms with Gasteiger partial charge >= 0.3 is 11.7 Å². The molecule has 0 spiro atoms. The van der Waals surface area contributed by atoms with Gasteiger partial charge in [-0.25, -0.2) is 0 Å². The monoisotopic (exact) mass is 389 g/mol. The highest BCUT2D eigenvalue weighted by Crippen LogP contribution is 2.37. The molecule has 0 amide bonds. The minimum atomic E-state index is -0.934. The van der Waals surface area contributed by atoms with Gasteiger partial charge in [0.2, 0.25) is 0 Å². The number of piperazine rings is 1. The second-order valence-electron chi connectivity index (χ2n) is 6.53. The van der Waals surface area contributed by atoms with Crippen LogP contribution in [-0.2, 0) is 11.3 Å². The Labute approximate surface area is 161 Å². The molecule has 1 aliphatic heterocycles. The summed E-state index contributed by atoms with van der Waals surface area (Å²) in [7, 11) is 0. The number of nitrogens with zero attached hydrogens (tertiary/aromatic N) is 3. The molecule has 1 saturated heterocycles. The number of para-hydroxylation sites is 1. The van der Waals surface area contributed by atoms with Crippen LogP contribution in [-0.4, -0.2) is 46.6 Å². The average molecular weight is 390 g/mol. The first-order valence-corrected chi connectivity index (χ1v) is 9.01. The number of nitro benzene ring substituents is 1. The van der Waals surface area contributed by atoms with E-state index >= 15 is 0 Å². The summed E-state index contributed by atoms with van der Waals surface area (Å²) < 4.78 is 0. The number of nitro groups is 1. The molecule has 1 N–H and O–H groups in total. The van der Waals surface area contributed by atoms with Gasteiger partial charge in [-0.2, -0.15) is 0 Å². The molecule has 1 atom stereocenters. The standard InChI is InChI=1S/C19H20ClN3O4/c20-16-7-4-8-17(19(16)23(26)27)22-10-9-21(13-15(22)11-18(24)25)12-14-5-2-1-3-6-14/h1-8,15H,9-13H2,(H,24,25)/t15-/m0/s1. The third-order valence-electron chi connectivity index (χ3n) is 4.68. The molecule has 0 aromatic heterocycles. The van der Waals surface area contributed by atoms with Crippen LogP contribution in [0, 0.1) is 10.1 Å². The molecule has 27 heavy (non-hydrogen) atoms. The van der Waals surface area contributed by atoms with E-state index in [1.54, 1.807) is 17.0 Å². The second-order valence-corrected chi connectivity index (χ2v) is 6.94. The summed E-state index contributed by atoms with van der Waals surface area (Å²) in [5.74, 6) is -0.934. The van der Waals surface area contributed by atoms with Gasteiger partial charge in [0.1, 0.15) is 10.7 Å². The van der Waals surface area contributed by atoms with Crippen LogP contribution in [0.25, 0.3) is 0 Å². The van der Waals surface area contributed by atoms with Gasteiger partial charge < -0.3 is 10.0 Å². The quantitative estimate of drug-likeness (QED) is 0.601. The van der Waals surface area contributed by atoms with Crippen LogP contribution in [0.5, 0.6) is 0 Å². The average Bonchev–Trinajstić information content (AvgIpc) is 2.62. The third-order valence-corrected chi connectivity index (χ3v) is 4.99. The van der Waals surface area contributed by atoms with E-state index in [2.05, 4.69) is 4.90 Å². The van der Waals surface area contributed by atoms with Crippen molar-refractivity contribution in [3.8, 4) is 0 Å². The zero-order chi connectivity index (χ0) is 19.4. The number of hydrogen-bond acceptors (Lipinski definition) is 5. The number of carboxylic acid groups (broad SMARTS) is 1. The van der Waals surface area contributed by atoms with Gasteiger partial charge in [-0.1, -0.05) is 48.0 Å². The first-order chi connectivity index (χ1) is 13.0. The number of anilines is 1. The Morgan fingerprint density at radius 1 is 1.19 bits per heavy atom. The fourth-order valence-electron chi connectivity index (χ4n) is 3.51. The van der Waals surface area contributed by atoms with Crippen LogP contribution in [0.15, 0.2) is 48.5 Å². The van der Waals surface area contributed by atoms with E-state index in [-0.39, 0.29) is 23.2 Å². The van der Waals surface area contributed by atoms with Crippen molar-refractivity contribution in [1.82, 2.24) is 4.90 Å². The number of rotatable bonds is 6. The smallest absolute Gasteiger partial charge is 0.310 e. The third kappa shape index (κ3) is 4.56. The number of benzene rings is 2. The van der Waals surface area contributed by atoms with Crippen molar-refractivity contribution in [1.29, 1.82) is 0 Å². The maximum atomic E-state index is 11.5. The lowest BCUT2D eigenvalue weighted by molar-refractivity contribution is -0.384. The summed E-state index contributed by atoms with van der Waals surface area (Å²) >= 11 is 6.04. The summed E-state index contributed by atoms with van der Waals surface area (Å²) in [5.41, 5.74) is 1.35. The molecule has 0 saturated carbocycles. The van der Waals surface area contributed by atoms with Crippen molar-refractivity contribution in [3.63, 3.8) is 0 Å². The van der Waals surface area contributed by atoms with Gasteiger partial charge in [0.15, 0.2) is 0 Å². The molecule has 8 heteroatoms. The van der Waals surface area contributed by atoms with E-state index in [9.17, 15) is 20.0 Å². The molecule has 0 radical (unpaired) electrons. The topological polar surface area (TPSA) is 86.9 Å². The molecule has 142 valence electrons. The lowest BCUT2D eigenvalue weighted by Gasteiger charge is -2.42. The first kappa shape index (κ1) is 19.1. The summed E-state index contributed by atoms with van der Waals surface area (Å²) in [6, 6.07) is 14.3. The fraction of sp³-hybridized carbons (Fsp3) is 0.316. The van der Waals surface area contributed by atoms with E-state index < -0.39 is 10.9 Å². The van der Waals surface area contributed by atoms with Crippen LogP contribution < -0.4 is 4.90 Å². The normalized spacial score (nSPS) is 17.7. The number of aliphatic carboxylic acids is 1. The highest BCUT2D eigenvalue weighted by molar-refractivity contribution is 6.33. The molecule has 1 aliphatic rings. The van der Waals surface area contributed by atoms with Crippen LogP contribution in [0.2, 0.25) is 5.02 Å². The van der Waals surface area contributed by atoms with Crippen LogP contribution in [0.4, 0.5) is 11.4 Å². The molecule has 0 unspecified atom stereocenters. The van der Waals surface area contributed by atoms with Crippen molar-refractivity contribution in [2.75, 3.05) is 24.5 Å². The van der Waals surface area contributed by atoms with Gasteiger partial charge in [0.05, 0.1) is 17.4 Å². The molecule has 0 bridgehead atoms. The molecule has 3 rings (SSSR count). The SMILES string of the molecule is O=C(O)C[C@H]1CN(Cc2ccccc2)CCN1c1cccc(Cl)c1[N+](=O)[O-]. The maximum absolute atomic E-state index is 11.5. The summed E-state index contributed by atoms with van der Waals surface area (Å²) in [4.78, 5) is 26.4. The zero-order valence-corrected chi connectivity index (χ0v) is 15.4. The van der Waals surface area contributed by atoms with Crippen molar-refractivity contribution < 1.29 is 14.8 Å². The van der Waals surface area contributed by atoms with E-state index in [0.717, 1.165) is 5.56 Å². The summed E-state index contributed by atoms with van der Waals surface area (Å²) in [5, 5.41) is 20.9. The minimum absolute atomic E-state index is 0.0540. The van der Waals surface area contributed by atoms with E-state index in [0.29, 0.717) is 31.9 Å². The number of hydrogen-bond donors (Lipinski definition) is 1. The van der Waals surface area contributed by atoms with Gasteiger partial charge in [-0.05, 0) is 17.7 Å². The predicted octanol–water partition coefficient (Wildman–Crippen LogP) is 3.41. The number of carboxylic acids is 1. The van der Waals surface area contributed by atoms with Crippen molar-refractivity contribution in [3.05, 3.63) is 69.2 Å². The van der Waals surface area contributed by atoms with Crippen molar-refractivity contribution in [2.24, 2.45) is 0 Å². The summed E-state index contributed by atoms with van der Waals surface area (Å²) in [6.07, 6.45) is -0.102. The Morgan fingerprint density at radius 3 is 2.59 bits per heavy atom. The minimum Gasteiger partial charge on any atom is -0.481 e. The Balaban J connectivity index is 1.85. The molecule has 0 aliphatic carbocycles. The number of carbonyl (C=O) groups is 1. The zero-order valence-electron chi connectivity index (χ0n) is 14.6. The van der Waals surface area contributed by atoms with Gasteiger partial charge in [-0.3, -0.25) is 19.8 Å². The fourth-order valence-corrected chi connectivity index (χ4v) is 3.75. The lowest BCUT2D eigenvalue weighted by atomic mass is 10.1. The van der Waals surface area contributed by atoms with Gasteiger partial charge in [0, 0.05) is 26.2 Å². The van der Waals surface area contributed by atoms with E-state index in [4.69, 9.17) is 11.6 Å². The Bertz CT molecular complexity index is 831. The van der Waals surface area contributed by atoms with Crippen LogP contribution in [0.3, 0.4) is 0 Å². The Hall–Kier alpha value is -2.64. The lowest BCUT2D eigenvalue weighted by Crippen LogP contribution is -2.53. The number of halogens is 1. The van der Waals surface area contributed by atoms with Crippen LogP contribution >= 0.6 is 11.6 Å². The molecular weight excluding hydrogens is 370 g/mol. The van der Waals surface area contributed by atoms with Crippen LogP contribution in [0.1, 0.15) is 12.0 Å². The molecule has 2 aromatic carbocycles. The molecule has 7 nitrogen and oxygen atoms in total. The van der Waals surface area contributed by atoms with Crippen molar-refractivity contribution >= 4 is 28.9 Å². The Morgan fingerprint density at radius 2 is 1.93 bits per heavy atom. The van der Waals surface area contributed by atoms with Gasteiger partial charge in [-0.15, -0.1) is 0 Å². The Kier molecular flexibility index (Phi) is 5.93. The van der Waals surface area contributed by atoms with Gasteiger partial charge in [0.25, 0.3) is 0 Å². The second kappa shape index (κ2) is 8.37. The van der Waals surface area contributed by atoms with E-state index in [1.807, 2.05) is 30.3 Å². The maximum Gasteiger partial charge on any atom is 0.310 e. The predicted molar refractivity (Wildman–Crippen MR) is 103 cm³/mol. The molecule has 1 heterocycles. The molecular formula is C19H20ClN3O4. The van der Waals surface area contributed by atoms with Crippen molar-refractivity contribution in [2.45, 2.75) is 19.0 Å². The first-order valence-electron chi connectivity index (χ1n) is 8.63. The highest BCUT2D eigenvalue weighted by atomic mass is 35.5. The molecule has 2 aromatic rings. The summed E-state index contributed by atoms with van der Waals surface area (Å²) in [6.45, 7) is 2.38. The van der Waals surface area contributed by atoms with E-state index in [1.165, 1.54) is 6.07 Å². The molecule has 1 fully saturated rings.